The number of ether oxygens (including phenoxy) is 1. The van der Waals surface area contributed by atoms with E-state index in [-0.39, 0.29) is 6.61 Å². The highest BCUT2D eigenvalue weighted by Crippen LogP contribution is 2.33. The molecule has 1 aliphatic rings. The summed E-state index contributed by atoms with van der Waals surface area (Å²) in [5.74, 6) is -1.04. The van der Waals surface area contributed by atoms with Crippen molar-refractivity contribution < 1.29 is 19.1 Å². The molecule has 6 heteroatoms. The number of carbonyl (C=O) groups is 3. The summed E-state index contributed by atoms with van der Waals surface area (Å²) < 4.78 is 4.87. The number of thioether (sulfide) groups is 1. The van der Waals surface area contributed by atoms with Crippen molar-refractivity contribution in [3.05, 3.63) is 40.3 Å². The molecule has 0 N–H and O–H groups in total. The van der Waals surface area contributed by atoms with Crippen molar-refractivity contribution in [1.29, 1.82) is 0 Å². The van der Waals surface area contributed by atoms with Crippen molar-refractivity contribution >= 4 is 35.0 Å². The molecule has 5 nitrogen and oxygen atoms in total. The summed E-state index contributed by atoms with van der Waals surface area (Å²) in [6, 6.07) is 6.68. The van der Waals surface area contributed by atoms with Crippen LogP contribution in [0.5, 0.6) is 0 Å². The average molecular weight is 319 g/mol. The zero-order valence-electron chi connectivity index (χ0n) is 12.7. The molecule has 1 atom stereocenters. The van der Waals surface area contributed by atoms with E-state index in [2.05, 4.69) is 0 Å². The summed E-state index contributed by atoms with van der Waals surface area (Å²) >= 11 is 0.835. The number of amides is 2. The van der Waals surface area contributed by atoms with Gasteiger partial charge in [-0.25, -0.2) is 4.79 Å². The number of rotatable bonds is 4. The van der Waals surface area contributed by atoms with E-state index in [1.165, 1.54) is 6.92 Å². The number of hydrogen-bond donors (Lipinski definition) is 0. The SMILES string of the molecule is CCOC(=O)[C@H](C)N1C(=O)S/C(=C/c2ccc(C)cc2)C1=O. The number of hydrogen-bond acceptors (Lipinski definition) is 5. The van der Waals surface area contributed by atoms with E-state index in [4.69, 9.17) is 4.74 Å². The first-order valence-electron chi connectivity index (χ1n) is 6.94. The van der Waals surface area contributed by atoms with E-state index in [0.717, 1.165) is 27.8 Å². The highest BCUT2D eigenvalue weighted by molar-refractivity contribution is 8.18. The van der Waals surface area contributed by atoms with E-state index < -0.39 is 23.2 Å². The molecule has 0 saturated carbocycles. The maximum atomic E-state index is 12.3. The Bertz CT molecular complexity index is 636. The maximum Gasteiger partial charge on any atom is 0.329 e. The van der Waals surface area contributed by atoms with Gasteiger partial charge in [-0.2, -0.15) is 0 Å². The van der Waals surface area contributed by atoms with Crippen LogP contribution in [0.2, 0.25) is 0 Å². The molecule has 116 valence electrons. The summed E-state index contributed by atoms with van der Waals surface area (Å²) in [6.45, 7) is 5.34. The lowest BCUT2D eigenvalue weighted by Gasteiger charge is -2.19. The Morgan fingerprint density at radius 2 is 1.95 bits per heavy atom. The number of benzene rings is 1. The normalized spacial score (nSPS) is 18.0. The number of carbonyl (C=O) groups excluding carboxylic acids is 3. The number of nitrogens with zero attached hydrogens (tertiary/aromatic N) is 1. The molecule has 2 amide bonds. The summed E-state index contributed by atoms with van der Waals surface area (Å²) in [7, 11) is 0. The minimum Gasteiger partial charge on any atom is -0.464 e. The molecule has 1 aromatic rings. The van der Waals surface area contributed by atoms with Crippen LogP contribution in [0.4, 0.5) is 4.79 Å². The van der Waals surface area contributed by atoms with Crippen molar-refractivity contribution in [2.75, 3.05) is 6.61 Å². The third kappa shape index (κ3) is 3.39. The summed E-state index contributed by atoms with van der Waals surface area (Å²) in [6.07, 6.45) is 1.65. The van der Waals surface area contributed by atoms with Gasteiger partial charge >= 0.3 is 5.97 Å². The van der Waals surface area contributed by atoms with Crippen LogP contribution in [0, 0.1) is 6.92 Å². The molecule has 1 fully saturated rings. The summed E-state index contributed by atoms with van der Waals surface area (Å²) in [4.78, 5) is 37.3. The van der Waals surface area contributed by atoms with Crippen LogP contribution >= 0.6 is 11.8 Å². The fourth-order valence-corrected chi connectivity index (χ4v) is 2.90. The number of aryl methyl sites for hydroxylation is 1. The van der Waals surface area contributed by atoms with Crippen LogP contribution < -0.4 is 0 Å². The molecule has 22 heavy (non-hydrogen) atoms. The van der Waals surface area contributed by atoms with Crippen molar-refractivity contribution in [1.82, 2.24) is 4.90 Å². The molecule has 1 saturated heterocycles. The van der Waals surface area contributed by atoms with E-state index in [1.54, 1.807) is 13.0 Å². The molecule has 2 rings (SSSR count). The molecule has 1 heterocycles. The summed E-state index contributed by atoms with van der Waals surface area (Å²) in [5.41, 5.74) is 1.95. The predicted molar refractivity (Wildman–Crippen MR) is 85.1 cm³/mol. The van der Waals surface area contributed by atoms with Gasteiger partial charge in [0.2, 0.25) is 0 Å². The third-order valence-electron chi connectivity index (χ3n) is 3.21. The minimum atomic E-state index is -0.920. The highest BCUT2D eigenvalue weighted by Gasteiger charge is 2.41. The van der Waals surface area contributed by atoms with Gasteiger partial charge in [-0.3, -0.25) is 14.5 Å². The van der Waals surface area contributed by atoms with E-state index in [9.17, 15) is 14.4 Å². The van der Waals surface area contributed by atoms with Gasteiger partial charge < -0.3 is 4.74 Å². The quantitative estimate of drug-likeness (QED) is 0.630. The monoisotopic (exact) mass is 319 g/mol. The number of imide groups is 1. The van der Waals surface area contributed by atoms with Crippen molar-refractivity contribution in [2.45, 2.75) is 26.8 Å². The van der Waals surface area contributed by atoms with Crippen LogP contribution in [0.1, 0.15) is 25.0 Å². The second-order valence-corrected chi connectivity index (χ2v) is 5.88. The molecule has 0 aromatic heterocycles. The highest BCUT2D eigenvalue weighted by atomic mass is 32.2. The van der Waals surface area contributed by atoms with Crippen LogP contribution in [0.3, 0.4) is 0 Å². The van der Waals surface area contributed by atoms with Crippen LogP contribution in [-0.2, 0) is 14.3 Å². The van der Waals surface area contributed by atoms with Gasteiger partial charge in [-0.15, -0.1) is 0 Å². The van der Waals surface area contributed by atoms with Crippen LogP contribution in [-0.4, -0.2) is 34.7 Å². The van der Waals surface area contributed by atoms with Crippen molar-refractivity contribution in [3.63, 3.8) is 0 Å². The topological polar surface area (TPSA) is 63.7 Å². The third-order valence-corrected chi connectivity index (χ3v) is 4.10. The average Bonchev–Trinajstić information content (AvgIpc) is 2.75. The predicted octanol–water partition coefficient (Wildman–Crippen LogP) is 2.98. The molecule has 0 aliphatic carbocycles. The zero-order valence-corrected chi connectivity index (χ0v) is 13.5. The first-order chi connectivity index (χ1) is 10.4. The fourth-order valence-electron chi connectivity index (χ4n) is 2.00. The minimum absolute atomic E-state index is 0.207. The van der Waals surface area contributed by atoms with Crippen LogP contribution in [0.25, 0.3) is 6.08 Å². The first-order valence-corrected chi connectivity index (χ1v) is 7.76. The molecule has 0 bridgehead atoms. The summed E-state index contributed by atoms with van der Waals surface area (Å²) in [5, 5.41) is -0.455. The largest absolute Gasteiger partial charge is 0.464 e. The van der Waals surface area contributed by atoms with Gasteiger partial charge in [0.05, 0.1) is 11.5 Å². The Morgan fingerprint density at radius 1 is 1.32 bits per heavy atom. The lowest BCUT2D eigenvalue weighted by atomic mass is 10.1. The molecule has 0 radical (unpaired) electrons. The Balaban J connectivity index is 2.21. The number of esters is 1. The van der Waals surface area contributed by atoms with Gasteiger partial charge in [0.25, 0.3) is 11.1 Å². The van der Waals surface area contributed by atoms with Crippen molar-refractivity contribution in [2.24, 2.45) is 0 Å². The van der Waals surface area contributed by atoms with Crippen molar-refractivity contribution in [3.8, 4) is 0 Å². The van der Waals surface area contributed by atoms with E-state index >= 15 is 0 Å². The molecule has 0 unspecified atom stereocenters. The molecule has 0 spiro atoms. The Morgan fingerprint density at radius 3 is 2.55 bits per heavy atom. The Kier molecular flexibility index (Phi) is 5.03. The van der Waals surface area contributed by atoms with Crippen LogP contribution in [0.15, 0.2) is 29.2 Å². The van der Waals surface area contributed by atoms with Gasteiger partial charge in [0.1, 0.15) is 6.04 Å². The van der Waals surface area contributed by atoms with Gasteiger partial charge in [0.15, 0.2) is 0 Å². The second-order valence-electron chi connectivity index (χ2n) is 4.89. The molecule has 1 aromatic carbocycles. The van der Waals surface area contributed by atoms with Gasteiger partial charge in [0, 0.05) is 0 Å². The molecular weight excluding hydrogens is 302 g/mol. The lowest BCUT2D eigenvalue weighted by Crippen LogP contribution is -2.42. The van der Waals surface area contributed by atoms with Gasteiger partial charge in [-0.1, -0.05) is 29.8 Å². The maximum absolute atomic E-state index is 12.3. The zero-order chi connectivity index (χ0) is 16.3. The molecular formula is C16H17NO4S. The van der Waals surface area contributed by atoms with Gasteiger partial charge in [-0.05, 0) is 44.2 Å². The lowest BCUT2D eigenvalue weighted by molar-refractivity contribution is -0.150. The molecule has 1 aliphatic heterocycles. The fraction of sp³-hybridized carbons (Fsp3) is 0.312. The standard InChI is InChI=1S/C16H17NO4S/c1-4-21-15(19)11(3)17-14(18)13(22-16(17)20)9-12-7-5-10(2)6-8-12/h5-9,11H,4H2,1-3H3/b13-9+/t11-/m0/s1. The first kappa shape index (κ1) is 16.3. The Labute approximate surface area is 133 Å². The van der Waals surface area contributed by atoms with E-state index in [1.807, 2.05) is 31.2 Å². The second kappa shape index (κ2) is 6.79. The van der Waals surface area contributed by atoms with E-state index in [0.29, 0.717) is 4.91 Å². The Hall–Kier alpha value is -2.08. The smallest absolute Gasteiger partial charge is 0.329 e.